The molecule has 0 aliphatic rings. The molecule has 0 saturated carbocycles. The van der Waals surface area contributed by atoms with E-state index in [9.17, 15) is 5.11 Å². The van der Waals surface area contributed by atoms with Gasteiger partial charge >= 0.3 is 0 Å². The van der Waals surface area contributed by atoms with Crippen LogP contribution in [-0.4, -0.2) is 22.1 Å². The highest BCUT2D eigenvalue weighted by atomic mass is 79.9. The molecule has 0 unspecified atom stereocenters. The van der Waals surface area contributed by atoms with Gasteiger partial charge in [0.25, 0.3) is 0 Å². The first-order valence-electron chi connectivity index (χ1n) is 5.51. The Morgan fingerprint density at radius 2 is 2.16 bits per heavy atom. The van der Waals surface area contributed by atoms with Crippen LogP contribution in [0.1, 0.15) is 5.56 Å². The molecule has 19 heavy (non-hydrogen) atoms. The van der Waals surface area contributed by atoms with Gasteiger partial charge in [-0.05, 0) is 33.6 Å². The number of hydrogen-bond acceptors (Lipinski definition) is 5. The van der Waals surface area contributed by atoms with Crippen molar-refractivity contribution in [2.75, 3.05) is 17.7 Å². The Hall–Kier alpha value is -1.53. The fourth-order valence-corrected chi connectivity index (χ4v) is 2.22. The van der Waals surface area contributed by atoms with Crippen molar-refractivity contribution < 1.29 is 5.11 Å². The van der Waals surface area contributed by atoms with Gasteiger partial charge in [-0.1, -0.05) is 17.7 Å². The van der Waals surface area contributed by atoms with Crippen LogP contribution < -0.4 is 10.6 Å². The Morgan fingerprint density at radius 3 is 2.84 bits per heavy atom. The monoisotopic (exact) mass is 342 g/mol. The summed E-state index contributed by atoms with van der Waals surface area (Å²) in [7, 11) is 1.76. The maximum atomic E-state index is 9.43. The van der Waals surface area contributed by atoms with Crippen molar-refractivity contribution in [3.8, 4) is 5.75 Å². The third-order valence-electron chi connectivity index (χ3n) is 2.52. The first-order chi connectivity index (χ1) is 9.11. The van der Waals surface area contributed by atoms with Gasteiger partial charge in [-0.15, -0.1) is 0 Å². The van der Waals surface area contributed by atoms with Crippen LogP contribution in [0.3, 0.4) is 0 Å². The number of rotatable bonds is 4. The van der Waals surface area contributed by atoms with Crippen molar-refractivity contribution in [3.63, 3.8) is 0 Å². The number of nitrogens with zero attached hydrogens (tertiary/aromatic N) is 2. The van der Waals surface area contributed by atoms with E-state index in [1.54, 1.807) is 13.1 Å². The normalized spacial score (nSPS) is 10.3. The van der Waals surface area contributed by atoms with E-state index in [4.69, 9.17) is 11.6 Å². The molecular weight excluding hydrogens is 332 g/mol. The Balaban J connectivity index is 2.14. The highest BCUT2D eigenvalue weighted by Crippen LogP contribution is 2.27. The minimum Gasteiger partial charge on any atom is -0.507 e. The molecule has 5 nitrogen and oxygen atoms in total. The average Bonchev–Trinajstić information content (AvgIpc) is 2.40. The van der Waals surface area contributed by atoms with Crippen molar-refractivity contribution in [1.29, 1.82) is 0 Å². The Kier molecular flexibility index (Phi) is 4.44. The number of phenols is 1. The van der Waals surface area contributed by atoms with E-state index < -0.39 is 0 Å². The molecule has 1 aromatic carbocycles. The van der Waals surface area contributed by atoms with Gasteiger partial charge in [0.15, 0.2) is 11.0 Å². The van der Waals surface area contributed by atoms with E-state index in [0.717, 1.165) is 5.56 Å². The van der Waals surface area contributed by atoms with Gasteiger partial charge in [0.2, 0.25) is 0 Å². The number of hydrogen-bond donors (Lipinski definition) is 3. The smallest absolute Gasteiger partial charge is 0.157 e. The van der Waals surface area contributed by atoms with Crippen molar-refractivity contribution in [3.05, 3.63) is 39.7 Å². The van der Waals surface area contributed by atoms with Gasteiger partial charge in [0.1, 0.15) is 17.8 Å². The maximum Gasteiger partial charge on any atom is 0.157 e. The zero-order valence-corrected chi connectivity index (χ0v) is 12.5. The molecule has 1 heterocycles. The van der Waals surface area contributed by atoms with Gasteiger partial charge in [-0.25, -0.2) is 9.97 Å². The lowest BCUT2D eigenvalue weighted by Crippen LogP contribution is -2.05. The number of benzene rings is 1. The quantitative estimate of drug-likeness (QED) is 0.743. The molecule has 0 radical (unpaired) electrons. The molecule has 3 N–H and O–H groups in total. The topological polar surface area (TPSA) is 70.1 Å². The number of anilines is 2. The van der Waals surface area contributed by atoms with Crippen LogP contribution in [0.4, 0.5) is 11.5 Å². The van der Waals surface area contributed by atoms with Crippen LogP contribution in [0.2, 0.25) is 5.15 Å². The van der Waals surface area contributed by atoms with Crippen LogP contribution in [0.15, 0.2) is 29.0 Å². The molecule has 0 bridgehead atoms. The van der Waals surface area contributed by atoms with Gasteiger partial charge in [-0.3, -0.25) is 0 Å². The molecular formula is C12H12BrClN4O. The zero-order chi connectivity index (χ0) is 13.8. The molecule has 0 aliphatic carbocycles. The summed E-state index contributed by atoms with van der Waals surface area (Å²) >= 11 is 9.24. The second-order valence-corrected chi connectivity index (χ2v) is 4.99. The summed E-state index contributed by atoms with van der Waals surface area (Å²) in [6, 6.07) is 5.30. The highest BCUT2D eigenvalue weighted by molar-refractivity contribution is 9.10. The Morgan fingerprint density at radius 1 is 1.37 bits per heavy atom. The van der Waals surface area contributed by atoms with Crippen LogP contribution >= 0.6 is 27.5 Å². The lowest BCUT2D eigenvalue weighted by atomic mass is 10.2. The predicted molar refractivity (Wildman–Crippen MR) is 79.7 cm³/mol. The zero-order valence-electron chi connectivity index (χ0n) is 10.1. The van der Waals surface area contributed by atoms with Crippen molar-refractivity contribution in [1.82, 2.24) is 9.97 Å². The number of aromatic nitrogens is 2. The third kappa shape index (κ3) is 3.27. The summed E-state index contributed by atoms with van der Waals surface area (Å²) in [5, 5.41) is 15.9. The van der Waals surface area contributed by atoms with E-state index in [0.29, 0.717) is 27.7 Å². The molecule has 0 saturated heterocycles. The second kappa shape index (κ2) is 6.08. The summed E-state index contributed by atoms with van der Waals surface area (Å²) in [4.78, 5) is 8.04. The minimum atomic E-state index is 0.213. The van der Waals surface area contributed by atoms with Crippen molar-refractivity contribution in [2.45, 2.75) is 6.54 Å². The molecule has 0 fully saturated rings. The fourth-order valence-electron chi connectivity index (χ4n) is 1.57. The first-order valence-corrected chi connectivity index (χ1v) is 6.68. The van der Waals surface area contributed by atoms with Crippen LogP contribution in [0.5, 0.6) is 5.75 Å². The molecule has 0 aliphatic heterocycles. The average molecular weight is 344 g/mol. The summed E-state index contributed by atoms with van der Waals surface area (Å²) in [5.41, 5.74) is 1.66. The largest absolute Gasteiger partial charge is 0.507 e. The van der Waals surface area contributed by atoms with E-state index in [-0.39, 0.29) is 5.75 Å². The molecule has 100 valence electrons. The fraction of sp³-hybridized carbons (Fsp3) is 0.167. The van der Waals surface area contributed by atoms with E-state index in [1.165, 1.54) is 6.33 Å². The Bertz CT molecular complexity index is 594. The number of halogens is 2. The molecule has 0 amide bonds. The molecule has 2 aromatic rings. The van der Waals surface area contributed by atoms with Crippen molar-refractivity contribution >= 4 is 39.0 Å². The van der Waals surface area contributed by atoms with Gasteiger partial charge in [-0.2, -0.15) is 0 Å². The van der Waals surface area contributed by atoms with E-state index in [2.05, 4.69) is 36.5 Å². The SMILES string of the molecule is CNc1c(Cl)ncnc1NCc1ccc(O)c(Br)c1. The lowest BCUT2D eigenvalue weighted by molar-refractivity contribution is 0.471. The predicted octanol–water partition coefficient (Wildman–Crippen LogP) is 3.25. The maximum absolute atomic E-state index is 9.43. The molecule has 2 rings (SSSR count). The molecule has 0 spiro atoms. The van der Waals surface area contributed by atoms with Crippen LogP contribution in [0, 0.1) is 0 Å². The minimum absolute atomic E-state index is 0.213. The Labute approximate surface area is 124 Å². The third-order valence-corrected chi connectivity index (χ3v) is 3.44. The van der Waals surface area contributed by atoms with E-state index in [1.807, 2.05) is 12.1 Å². The first kappa shape index (κ1) is 13.9. The standard InChI is InChI=1S/C12H12BrClN4O/c1-15-10-11(14)17-6-18-12(10)16-5-7-2-3-9(19)8(13)4-7/h2-4,6,15,19H,5H2,1H3,(H,16,17,18). The number of phenolic OH excluding ortho intramolecular Hbond substituents is 1. The summed E-state index contributed by atoms with van der Waals surface area (Å²) < 4.78 is 0.654. The number of nitrogens with one attached hydrogen (secondary N) is 2. The summed E-state index contributed by atoms with van der Waals surface area (Å²) in [5.74, 6) is 0.844. The lowest BCUT2D eigenvalue weighted by Gasteiger charge is -2.11. The van der Waals surface area contributed by atoms with Gasteiger partial charge in [0, 0.05) is 13.6 Å². The van der Waals surface area contributed by atoms with Crippen molar-refractivity contribution in [2.24, 2.45) is 0 Å². The summed E-state index contributed by atoms with van der Waals surface area (Å²) in [6.07, 6.45) is 1.40. The molecule has 7 heteroatoms. The number of aromatic hydroxyl groups is 1. The summed E-state index contributed by atoms with van der Waals surface area (Å²) in [6.45, 7) is 0.556. The van der Waals surface area contributed by atoms with Crippen LogP contribution in [-0.2, 0) is 6.54 Å². The van der Waals surface area contributed by atoms with E-state index >= 15 is 0 Å². The van der Waals surface area contributed by atoms with Crippen LogP contribution in [0.25, 0.3) is 0 Å². The molecule has 0 atom stereocenters. The van der Waals surface area contributed by atoms with Gasteiger partial charge < -0.3 is 15.7 Å². The molecule has 1 aromatic heterocycles. The van der Waals surface area contributed by atoms with Gasteiger partial charge in [0.05, 0.1) is 4.47 Å². The highest BCUT2D eigenvalue weighted by Gasteiger charge is 2.08. The second-order valence-electron chi connectivity index (χ2n) is 3.78.